The third-order valence-corrected chi connectivity index (χ3v) is 4.79. The predicted molar refractivity (Wildman–Crippen MR) is 104 cm³/mol. The van der Waals surface area contributed by atoms with Gasteiger partial charge in [0, 0.05) is 17.0 Å². The molecular formula is C20H25FN2O2S. The summed E-state index contributed by atoms with van der Waals surface area (Å²) >= 11 is 1.60. The van der Waals surface area contributed by atoms with E-state index in [9.17, 15) is 9.18 Å². The Morgan fingerprint density at radius 2 is 2.23 bits per heavy atom. The topological polar surface area (TPSA) is 51.2 Å². The van der Waals surface area contributed by atoms with E-state index in [4.69, 9.17) is 4.74 Å². The Hall–Kier alpha value is -2.21. The lowest BCUT2D eigenvalue weighted by atomic mass is 10.1. The van der Waals surface area contributed by atoms with Crippen LogP contribution in [-0.2, 0) is 16.0 Å². The van der Waals surface area contributed by atoms with E-state index >= 15 is 0 Å². The molecule has 1 heterocycles. The Morgan fingerprint density at radius 3 is 2.92 bits per heavy atom. The minimum atomic E-state index is -0.461. The SMILES string of the molecule is CC/C=C(CC(=O)NC1=CCc2scnc2C(C)=C1)\C(F)=C(/C)OCC. The van der Waals surface area contributed by atoms with Crippen LogP contribution in [0.3, 0.4) is 0 Å². The molecule has 6 heteroatoms. The smallest absolute Gasteiger partial charge is 0.228 e. The van der Waals surface area contributed by atoms with Crippen molar-refractivity contribution in [3.8, 4) is 0 Å². The lowest BCUT2D eigenvalue weighted by molar-refractivity contribution is -0.119. The summed E-state index contributed by atoms with van der Waals surface area (Å²) < 4.78 is 19.7. The number of hydrogen-bond acceptors (Lipinski definition) is 4. The first-order valence-electron chi connectivity index (χ1n) is 8.75. The van der Waals surface area contributed by atoms with E-state index in [1.54, 1.807) is 31.3 Å². The summed E-state index contributed by atoms with van der Waals surface area (Å²) in [5.74, 6) is -0.505. The molecule has 1 aliphatic carbocycles. The van der Waals surface area contributed by atoms with Crippen LogP contribution in [0.25, 0.3) is 5.57 Å². The third-order valence-electron chi connectivity index (χ3n) is 3.93. The highest BCUT2D eigenvalue weighted by Crippen LogP contribution is 2.26. The highest BCUT2D eigenvalue weighted by Gasteiger charge is 2.16. The van der Waals surface area contributed by atoms with Gasteiger partial charge in [-0.25, -0.2) is 9.37 Å². The largest absolute Gasteiger partial charge is 0.495 e. The molecule has 1 amide bonds. The molecule has 0 bridgehead atoms. The number of nitrogens with one attached hydrogen (secondary N) is 1. The Balaban J connectivity index is 2.09. The molecule has 1 N–H and O–H groups in total. The van der Waals surface area contributed by atoms with E-state index in [1.165, 1.54) is 4.88 Å². The summed E-state index contributed by atoms with van der Waals surface area (Å²) in [6, 6.07) is 0. The number of halogens is 1. The fraction of sp³-hybridized carbons (Fsp3) is 0.400. The first-order chi connectivity index (χ1) is 12.5. The van der Waals surface area contributed by atoms with Crippen LogP contribution in [0.2, 0.25) is 0 Å². The summed E-state index contributed by atoms with van der Waals surface area (Å²) in [5, 5.41) is 2.88. The predicted octanol–water partition coefficient (Wildman–Crippen LogP) is 5.07. The van der Waals surface area contributed by atoms with Gasteiger partial charge in [-0.3, -0.25) is 4.79 Å². The van der Waals surface area contributed by atoms with Crippen LogP contribution >= 0.6 is 11.3 Å². The van der Waals surface area contributed by atoms with Gasteiger partial charge in [0.15, 0.2) is 5.83 Å². The summed E-state index contributed by atoms with van der Waals surface area (Å²) in [4.78, 5) is 18.0. The van der Waals surface area contributed by atoms with Crippen molar-refractivity contribution < 1.29 is 13.9 Å². The Morgan fingerprint density at radius 1 is 1.46 bits per heavy atom. The van der Waals surface area contributed by atoms with E-state index in [0.717, 1.165) is 23.4 Å². The number of carbonyl (C=O) groups is 1. The van der Waals surface area contributed by atoms with Gasteiger partial charge < -0.3 is 10.1 Å². The van der Waals surface area contributed by atoms with Crippen molar-refractivity contribution in [2.45, 2.75) is 47.0 Å². The minimum Gasteiger partial charge on any atom is -0.495 e. The number of nitrogens with zero attached hydrogens (tertiary/aromatic N) is 1. The molecule has 2 rings (SSSR count). The number of ether oxygens (including phenoxy) is 1. The summed E-state index contributed by atoms with van der Waals surface area (Å²) in [6.07, 6.45) is 6.92. The van der Waals surface area contributed by atoms with Gasteiger partial charge in [-0.2, -0.15) is 0 Å². The molecule has 0 spiro atoms. The summed E-state index contributed by atoms with van der Waals surface area (Å²) in [7, 11) is 0. The molecule has 0 radical (unpaired) electrons. The Kier molecular flexibility index (Phi) is 7.33. The van der Waals surface area contributed by atoms with Crippen molar-refractivity contribution >= 4 is 22.8 Å². The molecule has 0 aromatic carbocycles. The van der Waals surface area contributed by atoms with Gasteiger partial charge in [-0.05, 0) is 44.4 Å². The molecule has 0 fully saturated rings. The van der Waals surface area contributed by atoms with Gasteiger partial charge in [-0.15, -0.1) is 11.3 Å². The quantitative estimate of drug-likeness (QED) is 0.534. The molecule has 0 atom stereocenters. The molecule has 4 nitrogen and oxygen atoms in total. The van der Waals surface area contributed by atoms with Gasteiger partial charge in [0.05, 0.1) is 24.2 Å². The van der Waals surface area contributed by atoms with Crippen LogP contribution in [0, 0.1) is 0 Å². The molecule has 1 aliphatic rings. The zero-order valence-corrected chi connectivity index (χ0v) is 16.5. The van der Waals surface area contributed by atoms with Gasteiger partial charge in [0.1, 0.15) is 5.76 Å². The molecule has 0 aliphatic heterocycles. The third kappa shape index (κ3) is 5.14. The van der Waals surface area contributed by atoms with Crippen molar-refractivity contribution in [2.75, 3.05) is 6.61 Å². The van der Waals surface area contributed by atoms with Crippen LogP contribution in [0.5, 0.6) is 0 Å². The minimum absolute atomic E-state index is 0.0334. The highest BCUT2D eigenvalue weighted by atomic mass is 32.1. The van der Waals surface area contributed by atoms with Crippen LogP contribution < -0.4 is 5.32 Å². The maximum absolute atomic E-state index is 14.5. The summed E-state index contributed by atoms with van der Waals surface area (Å²) in [5.41, 5.74) is 4.89. The first kappa shape index (κ1) is 20.1. The van der Waals surface area contributed by atoms with E-state index in [2.05, 4.69) is 10.3 Å². The van der Waals surface area contributed by atoms with Gasteiger partial charge in [0.25, 0.3) is 0 Å². The molecule has 1 aromatic heterocycles. The molecule has 26 heavy (non-hydrogen) atoms. The number of fused-ring (bicyclic) bond motifs is 1. The van der Waals surface area contributed by atoms with Gasteiger partial charge in [0.2, 0.25) is 5.91 Å². The monoisotopic (exact) mass is 376 g/mol. The Bertz CT molecular complexity index is 787. The van der Waals surface area contributed by atoms with E-state index in [0.29, 0.717) is 18.6 Å². The molecule has 0 unspecified atom stereocenters. The zero-order chi connectivity index (χ0) is 19.1. The second-order valence-corrected chi connectivity index (χ2v) is 6.92. The average Bonchev–Trinajstić information content (AvgIpc) is 3.02. The standard InChI is InChI=1S/C20H25FN2O2S/c1-5-7-15(19(21)14(4)25-6-2)11-18(24)23-16-8-9-17-20(13(3)10-16)22-12-26-17/h7-8,10,12H,5-6,9,11H2,1-4H3,(H,23,24)/b15-7-,19-14-. The second kappa shape index (κ2) is 9.48. The van der Waals surface area contributed by atoms with Crippen molar-refractivity contribution in [1.29, 1.82) is 0 Å². The summed E-state index contributed by atoms with van der Waals surface area (Å²) in [6.45, 7) is 7.64. The van der Waals surface area contributed by atoms with Crippen LogP contribution in [-0.4, -0.2) is 17.5 Å². The van der Waals surface area contributed by atoms with Gasteiger partial charge in [-0.1, -0.05) is 19.1 Å². The number of rotatable bonds is 7. The second-order valence-electron chi connectivity index (χ2n) is 5.98. The van der Waals surface area contributed by atoms with E-state index < -0.39 is 5.83 Å². The lowest BCUT2D eigenvalue weighted by Crippen LogP contribution is -2.22. The normalized spacial score (nSPS) is 15.3. The van der Waals surface area contributed by atoms with Crippen molar-refractivity contribution in [3.63, 3.8) is 0 Å². The maximum atomic E-state index is 14.5. The fourth-order valence-electron chi connectivity index (χ4n) is 2.76. The molecule has 1 aromatic rings. The van der Waals surface area contributed by atoms with Crippen molar-refractivity contribution in [2.24, 2.45) is 0 Å². The number of aromatic nitrogens is 1. The highest BCUT2D eigenvalue weighted by molar-refractivity contribution is 7.09. The number of allylic oxidation sites excluding steroid dienone is 6. The molecule has 140 valence electrons. The van der Waals surface area contributed by atoms with Crippen LogP contribution in [0.4, 0.5) is 4.39 Å². The Labute approximate surface area is 158 Å². The number of carbonyl (C=O) groups excluding carboxylic acids is 1. The van der Waals surface area contributed by atoms with Crippen LogP contribution in [0.15, 0.2) is 46.6 Å². The number of amides is 1. The number of hydrogen-bond donors (Lipinski definition) is 1. The fourth-order valence-corrected chi connectivity index (χ4v) is 3.55. The molecular weight excluding hydrogens is 351 g/mol. The van der Waals surface area contributed by atoms with Gasteiger partial charge >= 0.3 is 0 Å². The lowest BCUT2D eigenvalue weighted by Gasteiger charge is -2.11. The van der Waals surface area contributed by atoms with Crippen LogP contribution in [0.1, 0.15) is 51.1 Å². The van der Waals surface area contributed by atoms with E-state index in [1.807, 2.05) is 31.5 Å². The average molecular weight is 376 g/mol. The molecule has 0 saturated carbocycles. The maximum Gasteiger partial charge on any atom is 0.228 e. The first-order valence-corrected chi connectivity index (χ1v) is 9.63. The van der Waals surface area contributed by atoms with E-state index in [-0.39, 0.29) is 18.1 Å². The molecule has 0 saturated heterocycles. The van der Waals surface area contributed by atoms with Crippen molar-refractivity contribution in [3.05, 3.63) is 57.2 Å². The number of thiazole rings is 1. The van der Waals surface area contributed by atoms with Crippen molar-refractivity contribution in [1.82, 2.24) is 10.3 Å². The zero-order valence-electron chi connectivity index (χ0n) is 15.7.